The fourth-order valence-electron chi connectivity index (χ4n) is 6.83. The molecule has 0 fully saturated rings. The molecule has 1 heterocycles. The molecular weight excluding hydrogens is 608 g/mol. The first-order valence-corrected chi connectivity index (χ1v) is 16.3. The molecule has 1 aromatic heterocycles. The van der Waals surface area contributed by atoms with Crippen molar-refractivity contribution in [1.29, 1.82) is 0 Å². The number of hydrogen-bond donors (Lipinski definition) is 3. The number of imidazole rings is 1. The highest BCUT2D eigenvalue weighted by atomic mass is 16.4. The number of nitrogens with zero attached hydrogens (tertiary/aromatic N) is 2. The monoisotopic (exact) mass is 648 g/mol. The number of allylic oxidation sites excluding steroid dienone is 2. The van der Waals surface area contributed by atoms with Crippen molar-refractivity contribution in [3.8, 4) is 0 Å². The molecule has 0 aliphatic heterocycles. The summed E-state index contributed by atoms with van der Waals surface area (Å²) in [5.41, 5.74) is 10.2. The minimum atomic E-state index is -1.17. The molecule has 1 aliphatic rings. The lowest BCUT2D eigenvalue weighted by Gasteiger charge is -2.37. The smallest absolute Gasteiger partial charge is 0.320 e. The number of rotatable bonds is 12. The Morgan fingerprint density at radius 3 is 1.82 bits per heavy atom. The van der Waals surface area contributed by atoms with E-state index in [4.69, 9.17) is 10.7 Å². The zero-order valence-electron chi connectivity index (χ0n) is 27.7. The summed E-state index contributed by atoms with van der Waals surface area (Å²) in [6, 6.07) is 39.1. The standard InChI is InChI=1S/C42H40N4O3/c1-29-24-25-34(39(47)41(2,3)26-35(43)40(48)49)37(30-16-8-4-9-17-30)38(29)45-36-27-46(28-44-36)42(31-18-10-5-11-19-31,32-20-12-6-13-21-32)33-22-14-7-15-23-33/h4-25,27-28,35,38,45H,1,26,43H2,2-3H3,(H,48,49)/t35-,38?/m0/s1. The van der Waals surface area contributed by atoms with Gasteiger partial charge in [-0.3, -0.25) is 9.59 Å². The number of hydrogen-bond acceptors (Lipinski definition) is 5. The molecule has 6 rings (SSSR count). The van der Waals surface area contributed by atoms with E-state index in [1.165, 1.54) is 0 Å². The van der Waals surface area contributed by atoms with E-state index in [1.54, 1.807) is 19.9 Å². The van der Waals surface area contributed by atoms with Gasteiger partial charge in [-0.15, -0.1) is 0 Å². The van der Waals surface area contributed by atoms with Crippen molar-refractivity contribution in [2.45, 2.75) is 37.9 Å². The van der Waals surface area contributed by atoms with Crippen LogP contribution in [0, 0.1) is 5.41 Å². The number of carboxylic acid groups (broad SMARTS) is 1. The molecule has 49 heavy (non-hydrogen) atoms. The fourth-order valence-corrected chi connectivity index (χ4v) is 6.83. The number of Topliss-reactive ketones (excluding diaryl/α,β-unsaturated/α-hetero) is 1. The average molecular weight is 649 g/mol. The molecule has 7 nitrogen and oxygen atoms in total. The van der Waals surface area contributed by atoms with Gasteiger partial charge in [0.15, 0.2) is 5.78 Å². The third-order valence-electron chi connectivity index (χ3n) is 9.24. The quantitative estimate of drug-likeness (QED) is 0.121. The molecule has 0 saturated heterocycles. The average Bonchev–Trinajstić information content (AvgIpc) is 3.59. The topological polar surface area (TPSA) is 110 Å². The van der Waals surface area contributed by atoms with Crippen LogP contribution in [0.4, 0.5) is 5.82 Å². The fraction of sp³-hybridized carbons (Fsp3) is 0.167. The van der Waals surface area contributed by atoms with Crippen LogP contribution in [0.5, 0.6) is 0 Å². The molecule has 0 bridgehead atoms. The minimum Gasteiger partial charge on any atom is -0.480 e. The lowest BCUT2D eigenvalue weighted by atomic mass is 9.74. The van der Waals surface area contributed by atoms with E-state index in [2.05, 4.69) is 52.9 Å². The van der Waals surface area contributed by atoms with Crippen LogP contribution in [0.25, 0.3) is 5.57 Å². The number of anilines is 1. The normalized spacial score (nSPS) is 15.6. The summed E-state index contributed by atoms with van der Waals surface area (Å²) >= 11 is 0. The maximum Gasteiger partial charge on any atom is 0.320 e. The Morgan fingerprint density at radius 2 is 1.33 bits per heavy atom. The Kier molecular flexibility index (Phi) is 9.29. The van der Waals surface area contributed by atoms with Gasteiger partial charge in [-0.2, -0.15) is 0 Å². The van der Waals surface area contributed by atoms with E-state index in [-0.39, 0.29) is 12.2 Å². The van der Waals surface area contributed by atoms with Crippen LogP contribution in [0.2, 0.25) is 0 Å². The highest BCUT2D eigenvalue weighted by molar-refractivity contribution is 6.10. The summed E-state index contributed by atoms with van der Waals surface area (Å²) in [4.78, 5) is 30.7. The van der Waals surface area contributed by atoms with Crippen LogP contribution >= 0.6 is 0 Å². The van der Waals surface area contributed by atoms with Crippen LogP contribution < -0.4 is 11.1 Å². The van der Waals surface area contributed by atoms with Crippen LogP contribution in [0.1, 0.15) is 42.5 Å². The maximum atomic E-state index is 14.2. The molecule has 2 atom stereocenters. The highest BCUT2D eigenvalue weighted by Gasteiger charge is 2.40. The van der Waals surface area contributed by atoms with E-state index < -0.39 is 29.0 Å². The molecule has 0 saturated carbocycles. The second-order valence-corrected chi connectivity index (χ2v) is 13.0. The minimum absolute atomic E-state index is 0.00936. The van der Waals surface area contributed by atoms with Crippen molar-refractivity contribution < 1.29 is 14.7 Å². The van der Waals surface area contributed by atoms with E-state index in [9.17, 15) is 14.7 Å². The number of aromatic nitrogens is 2. The summed E-state index contributed by atoms with van der Waals surface area (Å²) in [6.45, 7) is 7.85. The van der Waals surface area contributed by atoms with E-state index in [0.717, 1.165) is 33.4 Å². The number of carbonyl (C=O) groups is 2. The number of ketones is 1. The van der Waals surface area contributed by atoms with Gasteiger partial charge in [0.2, 0.25) is 0 Å². The van der Waals surface area contributed by atoms with Crippen molar-refractivity contribution >= 4 is 23.1 Å². The van der Waals surface area contributed by atoms with Gasteiger partial charge < -0.3 is 20.7 Å². The Morgan fingerprint density at radius 1 is 0.837 bits per heavy atom. The maximum absolute atomic E-state index is 14.2. The number of nitrogens with one attached hydrogen (secondary N) is 1. The van der Waals surface area contributed by atoms with Crippen molar-refractivity contribution in [1.82, 2.24) is 9.55 Å². The first kappa shape index (κ1) is 33.1. The van der Waals surface area contributed by atoms with Crippen LogP contribution in [-0.2, 0) is 15.1 Å². The Balaban J connectivity index is 1.47. The van der Waals surface area contributed by atoms with Gasteiger partial charge >= 0.3 is 5.97 Å². The zero-order valence-corrected chi connectivity index (χ0v) is 27.7. The molecule has 5 aromatic rings. The van der Waals surface area contributed by atoms with E-state index in [1.807, 2.05) is 104 Å². The summed E-state index contributed by atoms with van der Waals surface area (Å²) in [6.07, 6.45) is 7.45. The molecule has 0 spiro atoms. The zero-order chi connectivity index (χ0) is 34.6. The third kappa shape index (κ3) is 6.41. The van der Waals surface area contributed by atoms with Gasteiger partial charge in [-0.25, -0.2) is 4.98 Å². The summed E-state index contributed by atoms with van der Waals surface area (Å²) in [5, 5.41) is 13.1. The van der Waals surface area contributed by atoms with E-state index in [0.29, 0.717) is 11.4 Å². The number of aliphatic carboxylic acids is 1. The molecule has 0 radical (unpaired) electrons. The van der Waals surface area contributed by atoms with Gasteiger partial charge in [0.1, 0.15) is 17.4 Å². The molecular formula is C42H40N4O3. The van der Waals surface area contributed by atoms with Crippen LogP contribution in [0.3, 0.4) is 0 Å². The molecule has 4 N–H and O–H groups in total. The molecule has 246 valence electrons. The Hall–Kier alpha value is -5.79. The predicted molar refractivity (Wildman–Crippen MR) is 195 cm³/mol. The van der Waals surface area contributed by atoms with Gasteiger partial charge in [0.25, 0.3) is 0 Å². The molecule has 0 amide bonds. The summed E-state index contributed by atoms with van der Waals surface area (Å²) in [7, 11) is 0. The van der Waals surface area contributed by atoms with Gasteiger partial charge in [-0.1, -0.05) is 154 Å². The second-order valence-electron chi connectivity index (χ2n) is 13.0. The lowest BCUT2D eigenvalue weighted by molar-refractivity contribution is -0.139. The first-order chi connectivity index (χ1) is 23.6. The van der Waals surface area contributed by atoms with Crippen molar-refractivity contribution in [2.24, 2.45) is 11.1 Å². The SMILES string of the molecule is C=C1C=CC(C(=O)C(C)(C)C[C@H](N)C(=O)O)=C(c2ccccc2)C1Nc1cn(C(c2ccccc2)(c2ccccc2)c2ccccc2)cn1. The third-order valence-corrected chi connectivity index (χ3v) is 9.24. The Labute approximate surface area is 287 Å². The van der Waals surface area contributed by atoms with Gasteiger partial charge in [0, 0.05) is 17.2 Å². The largest absolute Gasteiger partial charge is 0.480 e. The number of carboxylic acids is 1. The van der Waals surface area contributed by atoms with Crippen molar-refractivity contribution in [2.75, 3.05) is 5.32 Å². The molecule has 7 heteroatoms. The summed E-state index contributed by atoms with van der Waals surface area (Å²) in [5.74, 6) is -0.736. The second kappa shape index (κ2) is 13.7. The summed E-state index contributed by atoms with van der Waals surface area (Å²) < 4.78 is 2.13. The highest BCUT2D eigenvalue weighted by Crippen LogP contribution is 2.42. The van der Waals surface area contributed by atoms with Crippen molar-refractivity contribution in [3.05, 3.63) is 186 Å². The van der Waals surface area contributed by atoms with Gasteiger partial charge in [0.05, 0.1) is 12.4 Å². The number of carbonyl (C=O) groups excluding carboxylic acids is 1. The Bertz CT molecular complexity index is 1920. The number of nitrogens with two attached hydrogens (primary N) is 1. The van der Waals surface area contributed by atoms with E-state index >= 15 is 0 Å². The predicted octanol–water partition coefficient (Wildman–Crippen LogP) is 7.48. The van der Waals surface area contributed by atoms with Crippen LogP contribution in [0.15, 0.2) is 164 Å². The molecule has 1 unspecified atom stereocenters. The molecule has 1 aliphatic carbocycles. The first-order valence-electron chi connectivity index (χ1n) is 16.3. The lowest BCUT2D eigenvalue weighted by Crippen LogP contribution is -2.39. The molecule has 4 aromatic carbocycles. The van der Waals surface area contributed by atoms with Crippen molar-refractivity contribution in [3.63, 3.8) is 0 Å². The van der Waals surface area contributed by atoms with Crippen LogP contribution in [-0.4, -0.2) is 38.5 Å². The number of benzene rings is 4. The van der Waals surface area contributed by atoms with Gasteiger partial charge in [-0.05, 0) is 39.8 Å².